The van der Waals surface area contributed by atoms with Gasteiger partial charge in [-0.3, -0.25) is 0 Å². The highest BCUT2D eigenvalue weighted by Gasteiger charge is 2.28. The highest BCUT2D eigenvalue weighted by atomic mass is 127. The lowest BCUT2D eigenvalue weighted by Gasteiger charge is -2.10. The van der Waals surface area contributed by atoms with Gasteiger partial charge in [0.25, 0.3) is 0 Å². The van der Waals surface area contributed by atoms with Crippen LogP contribution in [0.3, 0.4) is 0 Å². The first kappa shape index (κ1) is 19.7. The summed E-state index contributed by atoms with van der Waals surface area (Å²) < 4.78 is 0. The van der Waals surface area contributed by atoms with Crippen LogP contribution < -0.4 is 24.0 Å². The van der Waals surface area contributed by atoms with Crippen molar-refractivity contribution >= 4 is 10.9 Å². The van der Waals surface area contributed by atoms with E-state index >= 15 is 0 Å². The largest absolute Gasteiger partial charge is 1.00 e. The molecule has 4 aromatic carbocycles. The molecule has 0 aromatic heterocycles. The van der Waals surface area contributed by atoms with E-state index in [4.69, 9.17) is 0 Å². The molecule has 4 aromatic rings. The normalized spacial score (nSPS) is 10.4. The molecule has 0 aliphatic carbocycles. The monoisotopic (exact) mass is 480 g/mol. The zero-order valence-electron chi connectivity index (χ0n) is 15.2. The summed E-state index contributed by atoms with van der Waals surface area (Å²) in [4.78, 5) is 4.05. The molecule has 0 saturated carbocycles. The van der Waals surface area contributed by atoms with Crippen molar-refractivity contribution in [2.75, 3.05) is 0 Å². The van der Waals surface area contributed by atoms with E-state index in [1.54, 1.807) is 0 Å². The number of aryl methyl sites for hydroxylation is 1. The Labute approximate surface area is 181 Å². The van der Waals surface area contributed by atoms with Crippen molar-refractivity contribution in [2.24, 2.45) is 0 Å². The molecule has 4 rings (SSSR count). The summed E-state index contributed by atoms with van der Waals surface area (Å²) in [6, 6.07) is 39.2. The third-order valence-corrected chi connectivity index (χ3v) is 6.73. The summed E-state index contributed by atoms with van der Waals surface area (Å²) in [7, 11) is -0.0846. The average molecular weight is 480 g/mol. The molecule has 27 heavy (non-hydrogen) atoms. The van der Waals surface area contributed by atoms with Crippen molar-refractivity contribution in [3.8, 4) is 11.1 Å². The molecule has 0 saturated heterocycles. The van der Waals surface area contributed by atoms with E-state index in [0.717, 1.165) is 0 Å². The van der Waals surface area contributed by atoms with Crippen LogP contribution in [0.1, 0.15) is 5.56 Å². The standard InChI is InChI=1S/C25H21S.HI/c1-20-10-8-9-15-25(20)21-16-18-24(19-17-21)26(22-11-4-2-5-12-22)23-13-6-3-7-14-23;/h2-19H,1H3;1H/q+1;/p-1. The minimum absolute atomic E-state index is 0. The molecule has 0 N–H and O–H groups in total. The zero-order chi connectivity index (χ0) is 17.8. The predicted octanol–water partition coefficient (Wildman–Crippen LogP) is 3.76. The number of halogens is 1. The van der Waals surface area contributed by atoms with Crippen LogP contribution >= 0.6 is 0 Å². The average Bonchev–Trinajstić information content (AvgIpc) is 2.71. The lowest BCUT2D eigenvalue weighted by molar-refractivity contribution is -0.00000511. The first-order valence-corrected chi connectivity index (χ1v) is 10.1. The molecule has 0 unspecified atom stereocenters. The number of benzene rings is 4. The molecule has 0 spiro atoms. The van der Waals surface area contributed by atoms with Gasteiger partial charge in [0.2, 0.25) is 0 Å². The van der Waals surface area contributed by atoms with E-state index < -0.39 is 0 Å². The molecule has 0 atom stereocenters. The topological polar surface area (TPSA) is 0 Å². The molecule has 0 nitrogen and oxygen atoms in total. The van der Waals surface area contributed by atoms with Crippen LogP contribution in [0.15, 0.2) is 124 Å². The Morgan fingerprint density at radius 1 is 0.481 bits per heavy atom. The van der Waals surface area contributed by atoms with E-state index in [-0.39, 0.29) is 34.9 Å². The molecule has 0 radical (unpaired) electrons. The van der Waals surface area contributed by atoms with E-state index in [2.05, 4.69) is 116 Å². The third-order valence-electron chi connectivity index (χ3n) is 4.50. The highest BCUT2D eigenvalue weighted by Crippen LogP contribution is 2.32. The van der Waals surface area contributed by atoms with Gasteiger partial charge < -0.3 is 24.0 Å². The van der Waals surface area contributed by atoms with E-state index in [1.165, 1.54) is 31.4 Å². The van der Waals surface area contributed by atoms with Crippen LogP contribution in [0, 0.1) is 6.92 Å². The molecule has 0 bridgehead atoms. The summed E-state index contributed by atoms with van der Waals surface area (Å²) in [5.74, 6) is 0. The molecule has 0 heterocycles. The van der Waals surface area contributed by atoms with Gasteiger partial charge in [-0.05, 0) is 72.1 Å². The molecular formula is C25H21IS. The maximum Gasteiger partial charge on any atom is 0.166 e. The van der Waals surface area contributed by atoms with Crippen molar-refractivity contribution in [3.63, 3.8) is 0 Å². The van der Waals surface area contributed by atoms with Crippen LogP contribution in [-0.2, 0) is 10.9 Å². The number of hydrogen-bond acceptors (Lipinski definition) is 0. The smallest absolute Gasteiger partial charge is 0.166 e. The first-order chi connectivity index (χ1) is 12.8. The summed E-state index contributed by atoms with van der Waals surface area (Å²) in [6.45, 7) is 2.17. The SMILES string of the molecule is Cc1ccccc1-c1ccc([S+](c2ccccc2)c2ccccc2)cc1.[I-]. The predicted molar refractivity (Wildman–Crippen MR) is 112 cm³/mol. The van der Waals surface area contributed by atoms with E-state index in [1.807, 2.05) is 0 Å². The zero-order valence-corrected chi connectivity index (χ0v) is 18.2. The summed E-state index contributed by atoms with van der Waals surface area (Å²) >= 11 is 0. The van der Waals surface area contributed by atoms with Gasteiger partial charge in [-0.15, -0.1) is 0 Å². The van der Waals surface area contributed by atoms with Crippen molar-refractivity contribution in [1.29, 1.82) is 0 Å². The van der Waals surface area contributed by atoms with Crippen molar-refractivity contribution < 1.29 is 24.0 Å². The Kier molecular flexibility index (Phi) is 6.75. The lowest BCUT2D eigenvalue weighted by Crippen LogP contribution is -3.00. The van der Waals surface area contributed by atoms with Gasteiger partial charge in [-0.1, -0.05) is 60.7 Å². The van der Waals surface area contributed by atoms with Gasteiger partial charge in [0.1, 0.15) is 0 Å². The fraction of sp³-hybridized carbons (Fsp3) is 0.0400. The molecule has 2 heteroatoms. The minimum atomic E-state index is -0.0846. The van der Waals surface area contributed by atoms with Crippen molar-refractivity contribution in [2.45, 2.75) is 21.6 Å². The van der Waals surface area contributed by atoms with Crippen molar-refractivity contribution in [1.82, 2.24) is 0 Å². The van der Waals surface area contributed by atoms with Crippen LogP contribution in [0.2, 0.25) is 0 Å². The Hall–Kier alpha value is -2.04. The Balaban J connectivity index is 0.00000210. The van der Waals surface area contributed by atoms with Crippen LogP contribution in [0.5, 0.6) is 0 Å². The van der Waals surface area contributed by atoms with E-state index in [0.29, 0.717) is 0 Å². The second-order valence-corrected chi connectivity index (χ2v) is 8.30. The van der Waals surface area contributed by atoms with Gasteiger partial charge in [-0.25, -0.2) is 0 Å². The van der Waals surface area contributed by atoms with Gasteiger partial charge in [-0.2, -0.15) is 0 Å². The fourth-order valence-corrected chi connectivity index (χ4v) is 5.27. The van der Waals surface area contributed by atoms with Gasteiger partial charge >= 0.3 is 0 Å². The quantitative estimate of drug-likeness (QED) is 0.308. The molecular weight excluding hydrogens is 459 g/mol. The summed E-state index contributed by atoms with van der Waals surface area (Å²) in [5.41, 5.74) is 3.89. The Bertz CT molecular complexity index is 940. The van der Waals surface area contributed by atoms with E-state index in [9.17, 15) is 0 Å². The van der Waals surface area contributed by atoms with Crippen LogP contribution in [0.4, 0.5) is 0 Å². The highest BCUT2D eigenvalue weighted by molar-refractivity contribution is 7.97. The van der Waals surface area contributed by atoms with Crippen LogP contribution in [-0.4, -0.2) is 0 Å². The lowest BCUT2D eigenvalue weighted by atomic mass is 10.0. The number of rotatable bonds is 4. The maximum atomic E-state index is 2.28. The summed E-state index contributed by atoms with van der Waals surface area (Å²) in [6.07, 6.45) is 0. The third kappa shape index (κ3) is 4.45. The molecule has 134 valence electrons. The Morgan fingerprint density at radius 3 is 1.44 bits per heavy atom. The first-order valence-electron chi connectivity index (χ1n) is 8.83. The van der Waals surface area contributed by atoms with Gasteiger partial charge in [0, 0.05) is 0 Å². The van der Waals surface area contributed by atoms with Crippen molar-refractivity contribution in [3.05, 3.63) is 115 Å². The summed E-state index contributed by atoms with van der Waals surface area (Å²) in [5, 5.41) is 0. The van der Waals surface area contributed by atoms with Gasteiger partial charge in [0.15, 0.2) is 14.7 Å². The molecule has 0 aliphatic rings. The second-order valence-electron chi connectivity index (χ2n) is 6.27. The molecule has 0 fully saturated rings. The van der Waals surface area contributed by atoms with Gasteiger partial charge in [0.05, 0.1) is 10.9 Å². The van der Waals surface area contributed by atoms with Crippen LogP contribution in [0.25, 0.3) is 11.1 Å². The Morgan fingerprint density at radius 2 is 0.926 bits per heavy atom. The molecule has 0 amide bonds. The fourth-order valence-electron chi connectivity index (χ4n) is 3.19. The number of hydrogen-bond donors (Lipinski definition) is 0. The molecule has 0 aliphatic heterocycles. The second kappa shape index (κ2) is 9.25. The maximum absolute atomic E-state index is 2.28. The minimum Gasteiger partial charge on any atom is -1.00 e.